The van der Waals surface area contributed by atoms with E-state index in [1.165, 1.54) is 51.4 Å². The van der Waals surface area contributed by atoms with Crippen LogP contribution in [0.15, 0.2) is 170 Å². The first-order valence-corrected chi connectivity index (χ1v) is 38.4. The fourth-order valence-corrected chi connectivity index (χ4v) is 11.6. The number of ether oxygens (including phenoxy) is 6. The van der Waals surface area contributed by atoms with E-state index in [9.17, 15) is 61.0 Å². The van der Waals surface area contributed by atoms with Crippen LogP contribution in [0.5, 0.6) is 0 Å². The first-order chi connectivity index (χ1) is 49.8. The molecule has 0 aromatic carbocycles. The molecule has 19 heteroatoms. The SMILES string of the molecule is CC/C=C\C/C=C\C/C=C\C/C=C\C/C=C\C/C=C\C/C=C\C/C=C\C/C=C\C/C=C\C/C=C\CCCCCCCC(=O)NC(COC1OC(CO)C(OC2OC(CO)C(OC3OC(CO)C(O)C(O)C3O)C(O)C2O)C(O)C1O)C(O)/C=C/CC/C=C/CC/C=C/CCCCCCCCCC. The Morgan fingerprint density at radius 1 is 0.363 bits per heavy atom. The lowest BCUT2D eigenvalue weighted by atomic mass is 9.96. The van der Waals surface area contributed by atoms with Crippen molar-refractivity contribution in [1.29, 1.82) is 0 Å². The molecule has 1 amide bonds. The Bertz CT molecular complexity index is 2510. The molecule has 19 nitrogen and oxygen atoms in total. The zero-order valence-electron chi connectivity index (χ0n) is 61.5. The molecule has 0 aromatic heterocycles. The fourth-order valence-electron chi connectivity index (χ4n) is 11.6. The van der Waals surface area contributed by atoms with Crippen LogP contribution in [0, 0.1) is 0 Å². The minimum Gasteiger partial charge on any atom is -0.394 e. The topological polar surface area (TPSA) is 307 Å². The Kier molecular flexibility index (Phi) is 54.9. The molecule has 0 radical (unpaired) electrons. The second kappa shape index (κ2) is 61.3. The van der Waals surface area contributed by atoms with Gasteiger partial charge in [0.1, 0.15) is 73.2 Å². The van der Waals surface area contributed by atoms with E-state index < -0.39 is 131 Å². The number of aliphatic hydroxyl groups excluding tert-OH is 11. The highest BCUT2D eigenvalue weighted by Crippen LogP contribution is 2.33. The standard InChI is InChI=1S/C83H133NO18/c1-3-5-7-9-11-13-15-17-19-21-23-24-25-26-27-28-29-30-31-32-33-34-35-36-37-38-39-40-41-42-43-45-47-49-51-53-55-57-59-61-71(89)84-66(67(88)60-58-56-54-52-50-48-46-44-22-20-18-16-14-12-10-8-6-4-2)65-97-81-77(95)74(92)79(69(63-86)99-81)102-83-78(96)75(93)80(70(64-87)100-83)101-82-76(94)73(91)72(90)68(62-85)98-82/h5,7,11,13,17,19,22-24,26-27,29-30,32-33,35-36,38-39,41-42,44-45,47,50,52,58,60,66-70,72-83,85-88,90-96H,3-4,6,8-10,12,14-16,18,20-21,25,28,31,34,37,40,43,46,48-49,51,53-57,59,61-65H2,1-2H3,(H,84,89)/b7-5-,13-11-,19-17-,24-23-,27-26-,30-29-,33-32-,36-35-,39-38-,42-41-,44-22+,47-45-,52-50+,60-58+. The third-order valence-electron chi connectivity index (χ3n) is 17.7. The number of amides is 1. The van der Waals surface area contributed by atoms with Crippen molar-refractivity contribution in [3.8, 4) is 0 Å². The van der Waals surface area contributed by atoms with Crippen molar-refractivity contribution < 1.29 is 89.4 Å². The highest BCUT2D eigenvalue weighted by Gasteiger charge is 2.53. The monoisotopic (exact) mass is 1430 g/mol. The number of nitrogens with one attached hydrogen (secondary N) is 1. The summed E-state index contributed by atoms with van der Waals surface area (Å²) >= 11 is 0. The van der Waals surface area contributed by atoms with Crippen LogP contribution in [0.1, 0.15) is 213 Å². The summed E-state index contributed by atoms with van der Waals surface area (Å²) in [6.07, 6.45) is 64.7. The maximum Gasteiger partial charge on any atom is 0.220 e. The van der Waals surface area contributed by atoms with Gasteiger partial charge in [-0.3, -0.25) is 4.79 Å². The Labute approximate surface area is 611 Å². The summed E-state index contributed by atoms with van der Waals surface area (Å²) in [6.45, 7) is 1.55. The molecular weight excluding hydrogens is 1300 g/mol. The Morgan fingerprint density at radius 2 is 0.686 bits per heavy atom. The van der Waals surface area contributed by atoms with Crippen molar-refractivity contribution in [3.05, 3.63) is 170 Å². The number of aliphatic hydroxyl groups is 11. The number of unbranched alkanes of at least 4 members (excludes halogenated alkanes) is 15. The van der Waals surface area contributed by atoms with Crippen LogP contribution in [-0.4, -0.2) is 193 Å². The molecule has 0 aliphatic carbocycles. The largest absolute Gasteiger partial charge is 0.394 e. The van der Waals surface area contributed by atoms with Gasteiger partial charge in [-0.15, -0.1) is 0 Å². The van der Waals surface area contributed by atoms with E-state index in [4.69, 9.17) is 28.4 Å². The molecule has 578 valence electrons. The summed E-state index contributed by atoms with van der Waals surface area (Å²) in [4.78, 5) is 13.4. The second-order valence-electron chi connectivity index (χ2n) is 26.4. The van der Waals surface area contributed by atoms with Crippen molar-refractivity contribution >= 4 is 5.91 Å². The number of carbonyl (C=O) groups excluding carboxylic acids is 1. The predicted octanol–water partition coefficient (Wildman–Crippen LogP) is 12.2. The first-order valence-electron chi connectivity index (χ1n) is 38.4. The Morgan fingerprint density at radius 3 is 1.10 bits per heavy atom. The van der Waals surface area contributed by atoms with Gasteiger partial charge < -0.3 is 89.9 Å². The number of hydrogen-bond donors (Lipinski definition) is 12. The average molecular weight is 1430 g/mol. The van der Waals surface area contributed by atoms with Crippen molar-refractivity contribution in [3.63, 3.8) is 0 Å². The molecule has 0 saturated carbocycles. The van der Waals surface area contributed by atoms with Crippen LogP contribution in [0.2, 0.25) is 0 Å². The summed E-state index contributed by atoms with van der Waals surface area (Å²) < 4.78 is 34.3. The van der Waals surface area contributed by atoms with Crippen molar-refractivity contribution in [2.75, 3.05) is 26.4 Å². The lowest BCUT2D eigenvalue weighted by molar-refractivity contribution is -0.379. The first kappa shape index (κ1) is 91.4. The van der Waals surface area contributed by atoms with E-state index in [1.807, 2.05) is 6.08 Å². The van der Waals surface area contributed by atoms with E-state index >= 15 is 0 Å². The smallest absolute Gasteiger partial charge is 0.220 e. The van der Waals surface area contributed by atoms with E-state index in [-0.39, 0.29) is 12.3 Å². The van der Waals surface area contributed by atoms with Crippen LogP contribution in [-0.2, 0) is 33.2 Å². The zero-order valence-corrected chi connectivity index (χ0v) is 61.5. The molecule has 0 bridgehead atoms. The maximum absolute atomic E-state index is 13.4. The minimum atomic E-state index is -1.99. The number of rotatable bonds is 57. The summed E-state index contributed by atoms with van der Waals surface area (Å²) in [5, 5.41) is 121. The molecular formula is C83H133NO18. The molecule has 3 aliphatic rings. The van der Waals surface area contributed by atoms with Crippen LogP contribution in [0.4, 0.5) is 0 Å². The lowest BCUT2D eigenvalue weighted by Crippen LogP contribution is -2.66. The van der Waals surface area contributed by atoms with Gasteiger partial charge in [-0.25, -0.2) is 0 Å². The summed E-state index contributed by atoms with van der Waals surface area (Å²) in [5.74, 6) is -0.316. The van der Waals surface area contributed by atoms with Gasteiger partial charge in [0.15, 0.2) is 18.9 Å². The van der Waals surface area contributed by atoms with Gasteiger partial charge in [0.25, 0.3) is 0 Å². The van der Waals surface area contributed by atoms with E-state index in [2.05, 4.69) is 177 Å². The predicted molar refractivity (Wildman–Crippen MR) is 405 cm³/mol. The molecule has 0 aromatic rings. The van der Waals surface area contributed by atoms with Gasteiger partial charge in [0.2, 0.25) is 5.91 Å². The van der Waals surface area contributed by atoms with Gasteiger partial charge >= 0.3 is 0 Å². The van der Waals surface area contributed by atoms with E-state index in [0.29, 0.717) is 12.8 Å². The van der Waals surface area contributed by atoms with Gasteiger partial charge in [0, 0.05) is 6.42 Å². The van der Waals surface area contributed by atoms with Crippen molar-refractivity contribution in [2.24, 2.45) is 0 Å². The number of carbonyl (C=O) groups is 1. The zero-order chi connectivity index (χ0) is 73.9. The van der Waals surface area contributed by atoms with Crippen LogP contribution in [0.25, 0.3) is 0 Å². The average Bonchev–Trinajstić information content (AvgIpc) is 0.781. The highest BCUT2D eigenvalue weighted by atomic mass is 16.8. The molecule has 3 fully saturated rings. The van der Waals surface area contributed by atoms with Gasteiger partial charge in [0.05, 0.1) is 38.6 Å². The number of allylic oxidation sites excluding steroid dienone is 27. The van der Waals surface area contributed by atoms with Crippen LogP contribution < -0.4 is 5.32 Å². The van der Waals surface area contributed by atoms with Gasteiger partial charge in [-0.1, -0.05) is 248 Å². The quantitative estimate of drug-likeness (QED) is 0.0199. The van der Waals surface area contributed by atoms with Crippen molar-refractivity contribution in [1.82, 2.24) is 5.32 Å². The molecule has 3 rings (SSSR count). The summed E-state index contributed by atoms with van der Waals surface area (Å²) in [5.41, 5.74) is 0. The fraction of sp³-hybridized carbons (Fsp3) is 0.651. The molecule has 0 spiro atoms. The Balaban J connectivity index is 1.39. The van der Waals surface area contributed by atoms with Crippen LogP contribution in [0.3, 0.4) is 0 Å². The molecule has 3 heterocycles. The van der Waals surface area contributed by atoms with Gasteiger partial charge in [-0.05, 0) is 128 Å². The normalized spacial score (nSPS) is 27.2. The van der Waals surface area contributed by atoms with Crippen LogP contribution >= 0.6 is 0 Å². The second-order valence-corrected chi connectivity index (χ2v) is 26.4. The van der Waals surface area contributed by atoms with Gasteiger partial charge in [-0.2, -0.15) is 0 Å². The molecule has 17 unspecified atom stereocenters. The third kappa shape index (κ3) is 41.2. The Hall–Kier alpha value is -4.85. The summed E-state index contributed by atoms with van der Waals surface area (Å²) in [7, 11) is 0. The molecule has 3 saturated heterocycles. The maximum atomic E-state index is 13.4. The third-order valence-corrected chi connectivity index (χ3v) is 17.7. The molecule has 17 atom stereocenters. The summed E-state index contributed by atoms with van der Waals surface area (Å²) in [6, 6.07) is -1.02. The molecule has 12 N–H and O–H groups in total. The van der Waals surface area contributed by atoms with Crippen molar-refractivity contribution in [2.45, 2.75) is 317 Å². The highest BCUT2D eigenvalue weighted by molar-refractivity contribution is 5.76. The molecule has 102 heavy (non-hydrogen) atoms. The minimum absolute atomic E-state index is 0.198. The molecule has 3 aliphatic heterocycles. The van der Waals surface area contributed by atoms with E-state index in [0.717, 1.165) is 128 Å². The lowest BCUT2D eigenvalue weighted by Gasteiger charge is -2.48. The van der Waals surface area contributed by atoms with E-state index in [1.54, 1.807) is 6.08 Å². The number of hydrogen-bond acceptors (Lipinski definition) is 18.